The molecular formula is C17H13F2N3O3. The van der Waals surface area contributed by atoms with Crippen molar-refractivity contribution in [3.63, 3.8) is 0 Å². The molecule has 0 aliphatic heterocycles. The number of rotatable bonds is 5. The van der Waals surface area contributed by atoms with Crippen LogP contribution in [0.3, 0.4) is 0 Å². The van der Waals surface area contributed by atoms with Crippen LogP contribution in [0.15, 0.2) is 42.5 Å². The molecule has 3 aromatic rings. The van der Waals surface area contributed by atoms with Crippen molar-refractivity contribution in [2.75, 3.05) is 0 Å². The van der Waals surface area contributed by atoms with Crippen LogP contribution < -0.4 is 5.73 Å². The smallest absolute Gasteiger partial charge is 0.338 e. The van der Waals surface area contributed by atoms with Crippen LogP contribution in [0.5, 0.6) is 0 Å². The molecule has 0 saturated carbocycles. The highest BCUT2D eigenvalue weighted by atomic mass is 19.3. The van der Waals surface area contributed by atoms with Crippen LogP contribution >= 0.6 is 0 Å². The maximum Gasteiger partial charge on any atom is 0.338 e. The minimum Gasteiger partial charge on any atom is -0.457 e. The first-order valence-corrected chi connectivity index (χ1v) is 7.28. The van der Waals surface area contributed by atoms with Crippen LogP contribution in [0, 0.1) is 0 Å². The van der Waals surface area contributed by atoms with Crippen molar-refractivity contribution in [3.05, 3.63) is 65.0 Å². The summed E-state index contributed by atoms with van der Waals surface area (Å²) in [7, 11) is 0. The van der Waals surface area contributed by atoms with Crippen LogP contribution in [-0.4, -0.2) is 21.8 Å². The highest BCUT2D eigenvalue weighted by molar-refractivity contribution is 5.94. The zero-order valence-electron chi connectivity index (χ0n) is 12.8. The lowest BCUT2D eigenvalue weighted by molar-refractivity contribution is 0.0473. The summed E-state index contributed by atoms with van der Waals surface area (Å²) in [5.74, 6) is -1.66. The number of primary amides is 1. The number of nitrogens with two attached hydrogens (primary N) is 1. The van der Waals surface area contributed by atoms with Crippen LogP contribution in [0.25, 0.3) is 11.0 Å². The van der Waals surface area contributed by atoms with Gasteiger partial charge in [0.25, 0.3) is 6.43 Å². The molecule has 0 unspecified atom stereocenters. The number of hydrogen-bond acceptors (Lipinski definition) is 4. The van der Waals surface area contributed by atoms with E-state index in [2.05, 4.69) is 9.97 Å². The predicted octanol–water partition coefficient (Wildman–Crippen LogP) is 2.96. The number of carbonyl (C=O) groups is 2. The van der Waals surface area contributed by atoms with Crippen molar-refractivity contribution in [2.45, 2.75) is 13.0 Å². The van der Waals surface area contributed by atoms with Crippen molar-refractivity contribution in [1.29, 1.82) is 0 Å². The number of carbonyl (C=O) groups excluding carboxylic acids is 2. The van der Waals surface area contributed by atoms with E-state index in [1.165, 1.54) is 24.3 Å². The van der Waals surface area contributed by atoms with Crippen molar-refractivity contribution in [2.24, 2.45) is 5.73 Å². The maximum absolute atomic E-state index is 12.6. The summed E-state index contributed by atoms with van der Waals surface area (Å²) in [5, 5.41) is 0. The fourth-order valence-electron chi connectivity index (χ4n) is 2.31. The van der Waals surface area contributed by atoms with Crippen LogP contribution in [0.1, 0.15) is 38.5 Å². The highest BCUT2D eigenvalue weighted by Crippen LogP contribution is 2.21. The van der Waals surface area contributed by atoms with Crippen molar-refractivity contribution in [3.8, 4) is 0 Å². The van der Waals surface area contributed by atoms with E-state index in [0.717, 1.165) is 0 Å². The second kappa shape index (κ2) is 6.68. The first-order valence-electron chi connectivity index (χ1n) is 7.28. The number of H-pyrrole nitrogens is 1. The van der Waals surface area contributed by atoms with Gasteiger partial charge in [-0.25, -0.2) is 18.6 Å². The number of alkyl halides is 2. The Kier molecular flexibility index (Phi) is 4.42. The first-order chi connectivity index (χ1) is 11.9. The standard InChI is InChI=1S/C17H13F2N3O3/c18-14(19)16-21-12-5-4-11(7-13(12)22-16)17(24)25-8-9-2-1-3-10(6-9)15(20)23/h1-7,14H,8H2,(H2,20,23)(H,21,22). The van der Waals surface area contributed by atoms with Crippen LogP contribution in [-0.2, 0) is 11.3 Å². The average molecular weight is 345 g/mol. The third-order valence-electron chi connectivity index (χ3n) is 3.52. The molecule has 0 fully saturated rings. The number of ether oxygens (including phenoxy) is 1. The third-order valence-corrected chi connectivity index (χ3v) is 3.52. The largest absolute Gasteiger partial charge is 0.457 e. The maximum atomic E-state index is 12.6. The van der Waals surface area contributed by atoms with Gasteiger partial charge in [-0.1, -0.05) is 12.1 Å². The normalized spacial score (nSPS) is 11.0. The number of nitrogens with one attached hydrogen (secondary N) is 1. The Morgan fingerprint density at radius 3 is 2.68 bits per heavy atom. The number of hydrogen-bond donors (Lipinski definition) is 2. The number of aromatic nitrogens is 2. The minimum atomic E-state index is -2.72. The molecule has 1 aromatic heterocycles. The molecule has 1 heterocycles. The van der Waals surface area contributed by atoms with E-state index in [4.69, 9.17) is 10.5 Å². The number of aromatic amines is 1. The van der Waals surface area contributed by atoms with Gasteiger partial charge in [-0.05, 0) is 35.9 Å². The van der Waals surface area contributed by atoms with Gasteiger partial charge < -0.3 is 15.5 Å². The summed E-state index contributed by atoms with van der Waals surface area (Å²) in [5.41, 5.74) is 6.96. The lowest BCUT2D eigenvalue weighted by Crippen LogP contribution is -2.11. The Morgan fingerprint density at radius 1 is 1.16 bits per heavy atom. The molecule has 3 N–H and O–H groups in total. The van der Waals surface area contributed by atoms with E-state index in [0.29, 0.717) is 22.2 Å². The second-order valence-electron chi connectivity index (χ2n) is 5.30. The summed E-state index contributed by atoms with van der Waals surface area (Å²) in [6, 6.07) is 10.7. The topological polar surface area (TPSA) is 98.1 Å². The Bertz CT molecular complexity index is 953. The molecule has 8 heteroatoms. The average Bonchev–Trinajstić information content (AvgIpc) is 3.03. The molecule has 6 nitrogen and oxygen atoms in total. The van der Waals surface area contributed by atoms with Gasteiger partial charge in [-0.2, -0.15) is 0 Å². The van der Waals surface area contributed by atoms with Gasteiger partial charge in [0.15, 0.2) is 5.82 Å². The molecule has 0 atom stereocenters. The molecular weight excluding hydrogens is 332 g/mol. The summed E-state index contributed by atoms with van der Waals surface area (Å²) in [4.78, 5) is 29.5. The van der Waals surface area contributed by atoms with E-state index in [9.17, 15) is 18.4 Å². The SMILES string of the molecule is NC(=O)c1cccc(COC(=O)c2ccc3nc(C(F)F)[nH]c3c2)c1. The molecule has 128 valence electrons. The number of amides is 1. The van der Waals surface area contributed by atoms with Crippen molar-refractivity contribution < 1.29 is 23.1 Å². The van der Waals surface area contributed by atoms with Gasteiger partial charge in [0.1, 0.15) is 6.61 Å². The zero-order valence-corrected chi connectivity index (χ0v) is 12.8. The second-order valence-corrected chi connectivity index (χ2v) is 5.30. The van der Waals surface area contributed by atoms with E-state index in [1.807, 2.05) is 0 Å². The monoisotopic (exact) mass is 345 g/mol. The number of nitrogens with zero attached hydrogens (tertiary/aromatic N) is 1. The van der Waals surface area contributed by atoms with Gasteiger partial charge in [-0.15, -0.1) is 0 Å². The highest BCUT2D eigenvalue weighted by Gasteiger charge is 2.15. The van der Waals surface area contributed by atoms with Gasteiger partial charge in [0, 0.05) is 5.56 Å². The molecule has 0 spiro atoms. The summed E-state index contributed by atoms with van der Waals surface area (Å²) in [6.07, 6.45) is -2.72. The third kappa shape index (κ3) is 3.63. The van der Waals surface area contributed by atoms with Gasteiger partial charge in [0.05, 0.1) is 16.6 Å². The first kappa shape index (κ1) is 16.6. The van der Waals surface area contributed by atoms with Gasteiger partial charge in [-0.3, -0.25) is 4.79 Å². The van der Waals surface area contributed by atoms with Crippen LogP contribution in [0.4, 0.5) is 8.78 Å². The summed E-state index contributed by atoms with van der Waals surface area (Å²) in [6.45, 7) is -0.0523. The fraction of sp³-hybridized carbons (Fsp3) is 0.118. The number of esters is 1. The molecule has 0 bridgehead atoms. The number of halogens is 2. The van der Waals surface area contributed by atoms with E-state index in [-0.39, 0.29) is 12.2 Å². The van der Waals surface area contributed by atoms with E-state index < -0.39 is 24.1 Å². The summed E-state index contributed by atoms with van der Waals surface area (Å²) >= 11 is 0. The van der Waals surface area contributed by atoms with E-state index >= 15 is 0 Å². The molecule has 2 aromatic carbocycles. The zero-order chi connectivity index (χ0) is 18.0. The fourth-order valence-corrected chi connectivity index (χ4v) is 2.31. The van der Waals surface area contributed by atoms with Crippen molar-refractivity contribution in [1.82, 2.24) is 9.97 Å². The number of imidazole rings is 1. The number of fused-ring (bicyclic) bond motifs is 1. The lowest BCUT2D eigenvalue weighted by atomic mass is 10.1. The van der Waals surface area contributed by atoms with Crippen LogP contribution in [0.2, 0.25) is 0 Å². The quantitative estimate of drug-likeness (QED) is 0.695. The minimum absolute atomic E-state index is 0.0523. The Hall–Kier alpha value is -3.29. The molecule has 0 aliphatic carbocycles. The Balaban J connectivity index is 1.73. The van der Waals surface area contributed by atoms with E-state index in [1.54, 1.807) is 18.2 Å². The number of benzene rings is 2. The lowest BCUT2D eigenvalue weighted by Gasteiger charge is -2.06. The molecule has 0 saturated heterocycles. The Morgan fingerprint density at radius 2 is 1.96 bits per heavy atom. The van der Waals surface area contributed by atoms with Gasteiger partial charge in [0.2, 0.25) is 5.91 Å². The predicted molar refractivity (Wildman–Crippen MR) is 85.1 cm³/mol. The molecule has 3 rings (SSSR count). The molecule has 25 heavy (non-hydrogen) atoms. The molecule has 0 aliphatic rings. The Labute approximate surface area is 140 Å². The van der Waals surface area contributed by atoms with Crippen molar-refractivity contribution >= 4 is 22.9 Å². The summed E-state index contributed by atoms with van der Waals surface area (Å²) < 4.78 is 30.5. The van der Waals surface area contributed by atoms with Gasteiger partial charge >= 0.3 is 5.97 Å². The molecule has 1 amide bonds. The molecule has 0 radical (unpaired) electrons.